The highest BCUT2D eigenvalue weighted by molar-refractivity contribution is 9.10. The molecule has 4 aliphatic rings. The summed E-state index contributed by atoms with van der Waals surface area (Å²) >= 11 is 3.43. The number of imide groups is 1. The lowest BCUT2D eigenvalue weighted by Crippen LogP contribution is -2.48. The van der Waals surface area contributed by atoms with Gasteiger partial charge in [-0.15, -0.1) is 0 Å². The Morgan fingerprint density at radius 3 is 2.37 bits per heavy atom. The monoisotopic (exact) mass is 758 g/mol. The van der Waals surface area contributed by atoms with E-state index in [0.29, 0.717) is 28.9 Å². The first-order valence-electron chi connectivity index (χ1n) is 18.1. The van der Waals surface area contributed by atoms with Crippen molar-refractivity contribution in [2.75, 3.05) is 56.5 Å². The zero-order valence-electron chi connectivity index (χ0n) is 29.7. The van der Waals surface area contributed by atoms with E-state index in [1.807, 2.05) is 30.2 Å². The van der Waals surface area contributed by atoms with Crippen LogP contribution in [0.5, 0.6) is 0 Å². The molecule has 270 valence electrons. The van der Waals surface area contributed by atoms with Crippen LogP contribution in [0.25, 0.3) is 0 Å². The number of hydrogen-bond donors (Lipinski definition) is 2. The number of anilines is 2. The maximum absolute atomic E-state index is 13.6. The molecule has 3 atom stereocenters. The zero-order chi connectivity index (χ0) is 35.9. The highest BCUT2D eigenvalue weighted by Crippen LogP contribution is 2.43. The smallest absolute Gasteiger partial charge is 0.282 e. The molecule has 2 N–H and O–H groups in total. The minimum Gasteiger partial charge on any atom is -0.379 e. The maximum atomic E-state index is 13.6. The van der Waals surface area contributed by atoms with Gasteiger partial charge in [0, 0.05) is 64.3 Å². The molecule has 1 spiro atoms. The van der Waals surface area contributed by atoms with Crippen molar-refractivity contribution < 1.29 is 14.4 Å². The van der Waals surface area contributed by atoms with Gasteiger partial charge in [0.2, 0.25) is 11.8 Å². The molecular formula is C38H47BrN8O4. The van der Waals surface area contributed by atoms with Crippen LogP contribution >= 0.6 is 15.9 Å². The molecule has 4 saturated heterocycles. The molecule has 12 nitrogen and oxygen atoms in total. The summed E-state index contributed by atoms with van der Waals surface area (Å²) < 4.78 is 1.80. The molecule has 0 aliphatic carbocycles. The fraction of sp³-hybridized carbons (Fsp3) is 0.526. The molecule has 6 heterocycles. The SMILES string of the molecule is Cc1cc(N2CCC3(CCN(C(=O)c4ccc([C@@H]5C[C@H](Nc6cnn(C)c(=O)c6Br)CN(C)C5)cc4)CC3)CC2)cnc1C1CCC(=O)NC1=O. The van der Waals surface area contributed by atoms with Crippen LogP contribution in [0.2, 0.25) is 0 Å². The predicted molar refractivity (Wildman–Crippen MR) is 199 cm³/mol. The number of amides is 3. The molecular weight excluding hydrogens is 712 g/mol. The maximum Gasteiger partial charge on any atom is 0.282 e. The van der Waals surface area contributed by atoms with E-state index in [4.69, 9.17) is 4.98 Å². The number of piperidine rings is 4. The summed E-state index contributed by atoms with van der Waals surface area (Å²) in [5, 5.41) is 10.1. The lowest BCUT2D eigenvalue weighted by molar-refractivity contribution is -0.134. The molecule has 0 radical (unpaired) electrons. The molecule has 7 rings (SSSR count). The Morgan fingerprint density at radius 1 is 0.980 bits per heavy atom. The van der Waals surface area contributed by atoms with Crippen molar-refractivity contribution in [3.8, 4) is 0 Å². The number of halogens is 1. The fourth-order valence-corrected chi connectivity index (χ4v) is 9.04. The number of carbonyl (C=O) groups is 3. The van der Waals surface area contributed by atoms with Crippen molar-refractivity contribution in [3.63, 3.8) is 0 Å². The van der Waals surface area contributed by atoms with Crippen LogP contribution < -0.4 is 21.1 Å². The van der Waals surface area contributed by atoms with Gasteiger partial charge in [-0.1, -0.05) is 12.1 Å². The van der Waals surface area contributed by atoms with Gasteiger partial charge in [-0.25, -0.2) is 4.68 Å². The highest BCUT2D eigenvalue weighted by atomic mass is 79.9. The number of benzene rings is 1. The third-order valence-electron chi connectivity index (χ3n) is 11.7. The summed E-state index contributed by atoms with van der Waals surface area (Å²) in [7, 11) is 3.75. The molecule has 3 amide bonds. The van der Waals surface area contributed by atoms with Crippen LogP contribution in [-0.2, 0) is 16.6 Å². The van der Waals surface area contributed by atoms with Gasteiger partial charge in [0.1, 0.15) is 4.47 Å². The summed E-state index contributed by atoms with van der Waals surface area (Å²) in [6, 6.07) is 10.5. The summed E-state index contributed by atoms with van der Waals surface area (Å²) in [5.74, 6) is -0.432. The first-order valence-corrected chi connectivity index (χ1v) is 18.9. The minimum absolute atomic E-state index is 0.106. The number of rotatable bonds is 6. The number of nitrogens with one attached hydrogen (secondary N) is 2. The van der Waals surface area contributed by atoms with E-state index in [1.54, 1.807) is 13.2 Å². The normalized spacial score (nSPS) is 24.0. The number of aromatic nitrogens is 3. The second-order valence-corrected chi connectivity index (χ2v) is 15.9. The molecule has 1 aromatic carbocycles. The van der Waals surface area contributed by atoms with Crippen LogP contribution in [0.1, 0.15) is 84.0 Å². The van der Waals surface area contributed by atoms with Crippen molar-refractivity contribution in [1.82, 2.24) is 29.9 Å². The van der Waals surface area contributed by atoms with Crippen molar-refractivity contribution in [2.24, 2.45) is 12.5 Å². The van der Waals surface area contributed by atoms with Gasteiger partial charge >= 0.3 is 0 Å². The number of likely N-dealkylation sites (tertiary alicyclic amines) is 2. The number of pyridine rings is 1. The lowest BCUT2D eigenvalue weighted by atomic mass is 9.71. The molecule has 2 aromatic heterocycles. The standard InChI is InChI=1S/C38H47BrN8O4/c1-24-18-29(20-40-34(24)30-8-9-32(48)43-35(30)49)46-14-10-38(11-15-46)12-16-47(17-13-38)36(50)26-6-4-25(5-7-26)27-19-28(23-44(2)22-27)42-31-21-41-45(3)37(51)33(31)39/h4-7,18,20-21,27-28,30,42H,8-17,19,22-23H2,1-3H3,(H,43,48,49)/t27-,28+,30?/m1/s1. The average Bonchev–Trinajstić information content (AvgIpc) is 3.12. The van der Waals surface area contributed by atoms with Crippen LogP contribution in [0.4, 0.5) is 11.4 Å². The van der Waals surface area contributed by atoms with Gasteiger partial charge in [0.15, 0.2) is 0 Å². The average molecular weight is 760 g/mol. The summed E-state index contributed by atoms with van der Waals surface area (Å²) in [6.07, 6.45) is 9.51. The van der Waals surface area contributed by atoms with Gasteiger partial charge in [-0.05, 0) is 109 Å². The van der Waals surface area contributed by atoms with Crippen molar-refractivity contribution in [2.45, 2.75) is 69.7 Å². The van der Waals surface area contributed by atoms with E-state index < -0.39 is 0 Å². The Balaban J connectivity index is 0.911. The Labute approximate surface area is 307 Å². The molecule has 0 saturated carbocycles. The molecule has 1 unspecified atom stereocenters. The van der Waals surface area contributed by atoms with E-state index >= 15 is 0 Å². The second-order valence-electron chi connectivity index (χ2n) is 15.1. The Kier molecular flexibility index (Phi) is 10.0. The van der Waals surface area contributed by atoms with Crippen LogP contribution in [0, 0.1) is 12.3 Å². The molecule has 0 bridgehead atoms. The van der Waals surface area contributed by atoms with Gasteiger partial charge in [0.25, 0.3) is 11.5 Å². The van der Waals surface area contributed by atoms with Crippen molar-refractivity contribution in [3.05, 3.63) is 79.9 Å². The molecule has 51 heavy (non-hydrogen) atoms. The Bertz CT molecular complexity index is 1860. The van der Waals surface area contributed by atoms with Crippen LogP contribution in [-0.4, -0.2) is 94.6 Å². The number of likely N-dealkylation sites (N-methyl/N-ethyl adjacent to an activating group) is 1. The lowest BCUT2D eigenvalue weighted by Gasteiger charge is -2.47. The number of aryl methyl sites for hydroxylation is 2. The topological polar surface area (TPSA) is 133 Å². The third kappa shape index (κ3) is 7.46. The van der Waals surface area contributed by atoms with Gasteiger partial charge < -0.3 is 20.0 Å². The highest BCUT2D eigenvalue weighted by Gasteiger charge is 2.39. The molecule has 3 aromatic rings. The van der Waals surface area contributed by atoms with E-state index in [0.717, 1.165) is 93.9 Å². The molecule has 4 fully saturated rings. The summed E-state index contributed by atoms with van der Waals surface area (Å²) in [5.41, 5.74) is 5.56. The summed E-state index contributed by atoms with van der Waals surface area (Å²) in [6.45, 7) is 7.22. The number of hydrogen-bond acceptors (Lipinski definition) is 9. The van der Waals surface area contributed by atoms with Crippen LogP contribution in [0.3, 0.4) is 0 Å². The summed E-state index contributed by atoms with van der Waals surface area (Å²) in [4.78, 5) is 61.4. The van der Waals surface area contributed by atoms with Crippen molar-refractivity contribution >= 4 is 45.0 Å². The van der Waals surface area contributed by atoms with E-state index in [2.05, 4.69) is 66.7 Å². The van der Waals surface area contributed by atoms with E-state index in [9.17, 15) is 19.2 Å². The zero-order valence-corrected chi connectivity index (χ0v) is 31.2. The largest absolute Gasteiger partial charge is 0.379 e. The molecule has 13 heteroatoms. The Hall–Kier alpha value is -4.10. The van der Waals surface area contributed by atoms with Crippen LogP contribution in [0.15, 0.2) is 52.0 Å². The minimum atomic E-state index is -0.373. The first kappa shape index (κ1) is 35.3. The second kappa shape index (κ2) is 14.5. The molecule has 4 aliphatic heterocycles. The quantitative estimate of drug-likeness (QED) is 0.356. The van der Waals surface area contributed by atoms with Gasteiger partial charge in [-0.2, -0.15) is 5.10 Å². The number of carbonyl (C=O) groups excluding carboxylic acids is 3. The van der Waals surface area contributed by atoms with Gasteiger partial charge in [-0.3, -0.25) is 29.5 Å². The third-order valence-corrected chi connectivity index (χ3v) is 12.4. The van der Waals surface area contributed by atoms with E-state index in [-0.39, 0.29) is 40.7 Å². The first-order chi connectivity index (χ1) is 24.5. The fourth-order valence-electron chi connectivity index (χ4n) is 8.56. The van der Waals surface area contributed by atoms with Crippen molar-refractivity contribution in [1.29, 1.82) is 0 Å². The number of nitrogens with zero attached hydrogens (tertiary/aromatic N) is 6. The van der Waals surface area contributed by atoms with E-state index in [1.165, 1.54) is 10.2 Å². The van der Waals surface area contributed by atoms with Gasteiger partial charge in [0.05, 0.1) is 35.4 Å². The Morgan fingerprint density at radius 2 is 1.69 bits per heavy atom. The predicted octanol–water partition coefficient (Wildman–Crippen LogP) is 4.19.